The Morgan fingerprint density at radius 2 is 2.10 bits per heavy atom. The van der Waals surface area contributed by atoms with Crippen molar-refractivity contribution in [2.24, 2.45) is 0 Å². The Balaban J connectivity index is 2.91. The number of nitro groups is 1. The summed E-state index contributed by atoms with van der Waals surface area (Å²) in [6.45, 7) is 3.62. The number of aromatic hydroxyl groups is 1. The first-order valence-corrected chi connectivity index (χ1v) is 5.93. The number of benzene rings is 1. The third-order valence-corrected chi connectivity index (χ3v) is 2.55. The number of phenols is 1. The Hall–Kier alpha value is -2.64. The summed E-state index contributed by atoms with van der Waals surface area (Å²) in [5, 5.41) is 25.2. The van der Waals surface area contributed by atoms with Gasteiger partial charge in [0.1, 0.15) is 6.04 Å². The first-order valence-electron chi connectivity index (χ1n) is 5.93. The van der Waals surface area contributed by atoms with Crippen molar-refractivity contribution in [1.82, 2.24) is 10.6 Å². The second-order valence-corrected chi connectivity index (χ2v) is 4.02. The highest BCUT2D eigenvalue weighted by Crippen LogP contribution is 2.29. The van der Waals surface area contributed by atoms with Gasteiger partial charge >= 0.3 is 5.69 Å². The summed E-state index contributed by atoms with van der Waals surface area (Å²) in [5.41, 5.74) is -0.821. The molecule has 8 nitrogen and oxygen atoms in total. The number of rotatable bonds is 5. The van der Waals surface area contributed by atoms with E-state index in [-0.39, 0.29) is 11.5 Å². The van der Waals surface area contributed by atoms with E-state index >= 15 is 0 Å². The molecule has 1 aromatic rings. The summed E-state index contributed by atoms with van der Waals surface area (Å²) in [5.74, 6) is -1.87. The molecule has 0 bridgehead atoms. The normalized spacial score (nSPS) is 11.5. The van der Waals surface area contributed by atoms with E-state index in [1.807, 2.05) is 0 Å². The Bertz CT molecular complexity index is 544. The third-order valence-electron chi connectivity index (χ3n) is 2.55. The van der Waals surface area contributed by atoms with Crippen molar-refractivity contribution >= 4 is 17.5 Å². The highest BCUT2D eigenvalue weighted by molar-refractivity contribution is 6.00. The van der Waals surface area contributed by atoms with Crippen molar-refractivity contribution in [1.29, 1.82) is 0 Å². The molecule has 1 aromatic carbocycles. The van der Waals surface area contributed by atoms with Crippen molar-refractivity contribution in [2.75, 3.05) is 6.54 Å². The molecule has 1 atom stereocenters. The summed E-state index contributed by atoms with van der Waals surface area (Å²) in [4.78, 5) is 33.2. The van der Waals surface area contributed by atoms with Gasteiger partial charge in [-0.1, -0.05) is 6.07 Å². The van der Waals surface area contributed by atoms with Gasteiger partial charge in [-0.3, -0.25) is 19.7 Å². The molecule has 0 radical (unpaired) electrons. The third kappa shape index (κ3) is 3.44. The Kier molecular flexibility index (Phi) is 5.01. The number of para-hydroxylation sites is 1. The molecule has 2 amide bonds. The summed E-state index contributed by atoms with van der Waals surface area (Å²) >= 11 is 0. The maximum Gasteiger partial charge on any atom is 0.311 e. The number of phenolic OH excluding ortho intramolecular Hbond substituents is 1. The summed E-state index contributed by atoms with van der Waals surface area (Å²) in [7, 11) is 0. The number of hydrogen-bond acceptors (Lipinski definition) is 5. The van der Waals surface area contributed by atoms with E-state index in [0.717, 1.165) is 6.07 Å². The largest absolute Gasteiger partial charge is 0.502 e. The highest BCUT2D eigenvalue weighted by atomic mass is 16.6. The number of carbonyl (C=O) groups is 2. The molecule has 0 aliphatic carbocycles. The standard InChI is InChI=1S/C12H15N3O5/c1-3-13-11(17)7(2)14-12(18)8-5-4-6-9(10(8)16)15(19)20/h4-7,16H,3H2,1-2H3,(H,13,17)(H,14,18). The number of likely N-dealkylation sites (N-methyl/N-ethyl adjacent to an activating group) is 1. The summed E-state index contributed by atoms with van der Waals surface area (Å²) < 4.78 is 0. The lowest BCUT2D eigenvalue weighted by molar-refractivity contribution is -0.385. The quantitative estimate of drug-likeness (QED) is 0.537. The Morgan fingerprint density at radius 1 is 1.45 bits per heavy atom. The zero-order valence-electron chi connectivity index (χ0n) is 11.0. The topological polar surface area (TPSA) is 122 Å². The van der Waals surface area contributed by atoms with Crippen molar-refractivity contribution in [2.45, 2.75) is 19.9 Å². The molecular formula is C12H15N3O5. The molecule has 0 fully saturated rings. The van der Waals surface area contributed by atoms with Gasteiger partial charge in [0.05, 0.1) is 10.5 Å². The second-order valence-electron chi connectivity index (χ2n) is 4.02. The van der Waals surface area contributed by atoms with Gasteiger partial charge in [-0.25, -0.2) is 0 Å². The van der Waals surface area contributed by atoms with Crippen LogP contribution in [0.5, 0.6) is 5.75 Å². The SMILES string of the molecule is CCNC(=O)C(C)NC(=O)c1cccc([N+](=O)[O-])c1O. The van der Waals surface area contributed by atoms with Crippen LogP contribution in [0.3, 0.4) is 0 Å². The molecule has 0 saturated heterocycles. The van der Waals surface area contributed by atoms with Crippen molar-refractivity contribution < 1.29 is 19.6 Å². The summed E-state index contributed by atoms with van der Waals surface area (Å²) in [6, 6.07) is 2.78. The number of amides is 2. The monoisotopic (exact) mass is 281 g/mol. The molecule has 1 rings (SSSR count). The molecule has 108 valence electrons. The van der Waals surface area contributed by atoms with E-state index in [1.54, 1.807) is 6.92 Å². The fourth-order valence-corrected chi connectivity index (χ4v) is 1.53. The van der Waals surface area contributed by atoms with Gasteiger partial charge in [0.2, 0.25) is 11.7 Å². The highest BCUT2D eigenvalue weighted by Gasteiger charge is 2.23. The van der Waals surface area contributed by atoms with E-state index in [9.17, 15) is 24.8 Å². The zero-order valence-corrected chi connectivity index (χ0v) is 11.0. The van der Waals surface area contributed by atoms with E-state index < -0.39 is 28.3 Å². The number of hydrogen-bond donors (Lipinski definition) is 3. The van der Waals surface area contributed by atoms with Crippen molar-refractivity contribution in [3.05, 3.63) is 33.9 Å². The van der Waals surface area contributed by atoms with Crippen LogP contribution in [0.1, 0.15) is 24.2 Å². The fraction of sp³-hybridized carbons (Fsp3) is 0.333. The lowest BCUT2D eigenvalue weighted by Gasteiger charge is -2.13. The predicted octanol–water partition coefficient (Wildman–Crippen LogP) is 0.555. The lowest BCUT2D eigenvalue weighted by atomic mass is 10.1. The average molecular weight is 281 g/mol. The van der Waals surface area contributed by atoms with E-state index in [4.69, 9.17) is 0 Å². The molecule has 8 heteroatoms. The van der Waals surface area contributed by atoms with Crippen LogP contribution in [0.25, 0.3) is 0 Å². The van der Waals surface area contributed by atoms with Gasteiger partial charge in [-0.2, -0.15) is 0 Å². The fourth-order valence-electron chi connectivity index (χ4n) is 1.53. The average Bonchev–Trinajstić information content (AvgIpc) is 2.38. The minimum Gasteiger partial charge on any atom is -0.502 e. The smallest absolute Gasteiger partial charge is 0.311 e. The minimum absolute atomic E-state index is 0.254. The molecule has 1 unspecified atom stereocenters. The summed E-state index contributed by atoms with van der Waals surface area (Å²) in [6.07, 6.45) is 0. The van der Waals surface area contributed by atoms with Crippen LogP contribution < -0.4 is 10.6 Å². The van der Waals surface area contributed by atoms with E-state index in [0.29, 0.717) is 6.54 Å². The molecule has 20 heavy (non-hydrogen) atoms. The van der Waals surface area contributed by atoms with Gasteiger partial charge in [0, 0.05) is 12.6 Å². The Labute approximate surface area is 114 Å². The van der Waals surface area contributed by atoms with Gasteiger partial charge in [-0.15, -0.1) is 0 Å². The Morgan fingerprint density at radius 3 is 2.65 bits per heavy atom. The van der Waals surface area contributed by atoms with Gasteiger partial charge in [-0.05, 0) is 19.9 Å². The molecule has 0 aliphatic rings. The number of carbonyl (C=O) groups excluding carboxylic acids is 2. The first-order chi connectivity index (χ1) is 9.38. The molecule has 0 saturated carbocycles. The van der Waals surface area contributed by atoms with Crippen molar-refractivity contribution in [3.63, 3.8) is 0 Å². The van der Waals surface area contributed by atoms with Gasteiger partial charge in [0.25, 0.3) is 5.91 Å². The molecule has 0 heterocycles. The van der Waals surface area contributed by atoms with Gasteiger partial charge < -0.3 is 15.7 Å². The number of nitro benzene ring substituents is 1. The second kappa shape index (κ2) is 6.50. The molecular weight excluding hydrogens is 266 g/mol. The van der Waals surface area contributed by atoms with E-state index in [1.165, 1.54) is 19.1 Å². The van der Waals surface area contributed by atoms with Crippen LogP contribution in [0, 0.1) is 10.1 Å². The van der Waals surface area contributed by atoms with Crippen LogP contribution in [0.2, 0.25) is 0 Å². The predicted molar refractivity (Wildman–Crippen MR) is 70.4 cm³/mol. The molecule has 3 N–H and O–H groups in total. The minimum atomic E-state index is -0.818. The van der Waals surface area contributed by atoms with Crippen LogP contribution in [0.4, 0.5) is 5.69 Å². The number of nitrogens with zero attached hydrogens (tertiary/aromatic N) is 1. The first kappa shape index (κ1) is 15.4. The van der Waals surface area contributed by atoms with Crippen LogP contribution in [-0.4, -0.2) is 34.4 Å². The van der Waals surface area contributed by atoms with Gasteiger partial charge in [0.15, 0.2) is 0 Å². The maximum absolute atomic E-state index is 11.9. The van der Waals surface area contributed by atoms with Crippen molar-refractivity contribution in [3.8, 4) is 5.75 Å². The lowest BCUT2D eigenvalue weighted by Crippen LogP contribution is -2.44. The molecule has 0 aliphatic heterocycles. The van der Waals surface area contributed by atoms with Crippen LogP contribution in [-0.2, 0) is 4.79 Å². The maximum atomic E-state index is 11.9. The number of nitrogens with one attached hydrogen (secondary N) is 2. The van der Waals surface area contributed by atoms with E-state index in [2.05, 4.69) is 10.6 Å². The van der Waals surface area contributed by atoms with Crippen LogP contribution in [0.15, 0.2) is 18.2 Å². The molecule has 0 spiro atoms. The molecule has 0 aromatic heterocycles. The van der Waals surface area contributed by atoms with Crippen LogP contribution >= 0.6 is 0 Å². The zero-order chi connectivity index (χ0) is 15.3.